The number of nitrogens with zero attached hydrogens (tertiary/aromatic N) is 1. The monoisotopic (exact) mass is 283 g/mol. The highest BCUT2D eigenvalue weighted by Crippen LogP contribution is 2.22. The van der Waals surface area contributed by atoms with E-state index in [0.29, 0.717) is 30.8 Å². The maximum absolute atomic E-state index is 12.2. The number of amides is 1. The Morgan fingerprint density at radius 1 is 1.05 bits per heavy atom. The van der Waals surface area contributed by atoms with Crippen molar-refractivity contribution in [3.05, 3.63) is 60.2 Å². The molecule has 2 aromatic rings. The second kappa shape index (κ2) is 5.97. The summed E-state index contributed by atoms with van der Waals surface area (Å²) in [5.41, 5.74) is 0.615. The van der Waals surface area contributed by atoms with E-state index >= 15 is 0 Å². The predicted molar refractivity (Wildman–Crippen MR) is 79.5 cm³/mol. The van der Waals surface area contributed by atoms with E-state index in [1.54, 1.807) is 29.2 Å². The van der Waals surface area contributed by atoms with E-state index in [0.717, 1.165) is 5.75 Å². The van der Waals surface area contributed by atoms with Gasteiger partial charge in [0.25, 0.3) is 5.91 Å². The summed E-state index contributed by atoms with van der Waals surface area (Å²) in [5.74, 6) is 1.41. The van der Waals surface area contributed by atoms with Gasteiger partial charge in [-0.05, 0) is 42.8 Å². The highest BCUT2D eigenvalue weighted by atomic mass is 16.5. The van der Waals surface area contributed by atoms with Gasteiger partial charge in [-0.25, -0.2) is 0 Å². The Kier molecular flexibility index (Phi) is 3.88. The van der Waals surface area contributed by atoms with E-state index in [1.165, 1.54) is 0 Å². The van der Waals surface area contributed by atoms with Crippen LogP contribution in [0.2, 0.25) is 0 Å². The van der Waals surface area contributed by atoms with Crippen LogP contribution in [0.1, 0.15) is 16.8 Å². The molecule has 21 heavy (non-hydrogen) atoms. The third kappa shape index (κ3) is 3.23. The maximum Gasteiger partial charge on any atom is 0.253 e. The van der Waals surface area contributed by atoms with Gasteiger partial charge in [0.15, 0.2) is 0 Å². The minimum atomic E-state index is -0.394. The molecule has 1 saturated heterocycles. The molecular weight excluding hydrogens is 266 g/mol. The lowest BCUT2D eigenvalue weighted by Crippen LogP contribution is -2.29. The summed E-state index contributed by atoms with van der Waals surface area (Å²) in [6.07, 6.45) is 0.260. The maximum atomic E-state index is 12.2. The van der Waals surface area contributed by atoms with Crippen molar-refractivity contribution < 1.29 is 14.6 Å². The molecule has 1 aliphatic heterocycles. The summed E-state index contributed by atoms with van der Waals surface area (Å²) in [6, 6.07) is 16.6. The fraction of sp³-hybridized carbons (Fsp3) is 0.235. The number of hydrogen-bond acceptors (Lipinski definition) is 3. The zero-order valence-corrected chi connectivity index (χ0v) is 11.6. The molecule has 2 aromatic carbocycles. The van der Waals surface area contributed by atoms with Crippen molar-refractivity contribution >= 4 is 5.91 Å². The smallest absolute Gasteiger partial charge is 0.253 e. The third-order valence-electron chi connectivity index (χ3n) is 3.53. The average Bonchev–Trinajstić information content (AvgIpc) is 2.95. The molecule has 0 radical (unpaired) electrons. The van der Waals surface area contributed by atoms with Crippen LogP contribution in [0.15, 0.2) is 54.6 Å². The van der Waals surface area contributed by atoms with E-state index in [1.807, 2.05) is 30.3 Å². The van der Waals surface area contributed by atoms with Gasteiger partial charge in [0, 0.05) is 18.7 Å². The van der Waals surface area contributed by atoms with Gasteiger partial charge in [0.1, 0.15) is 11.5 Å². The number of rotatable bonds is 3. The fourth-order valence-corrected chi connectivity index (χ4v) is 2.40. The quantitative estimate of drug-likeness (QED) is 0.942. The minimum absolute atomic E-state index is 0.0437. The molecule has 4 heteroatoms. The van der Waals surface area contributed by atoms with E-state index < -0.39 is 6.10 Å². The van der Waals surface area contributed by atoms with Crippen LogP contribution in [0, 0.1) is 0 Å². The highest BCUT2D eigenvalue weighted by Gasteiger charge is 2.25. The van der Waals surface area contributed by atoms with E-state index in [2.05, 4.69) is 0 Å². The molecular formula is C17H17NO3. The molecule has 1 aliphatic rings. The second-order valence-corrected chi connectivity index (χ2v) is 5.13. The summed E-state index contributed by atoms with van der Waals surface area (Å²) in [7, 11) is 0. The molecule has 4 nitrogen and oxygen atoms in total. The Labute approximate surface area is 123 Å². The Morgan fingerprint density at radius 2 is 1.71 bits per heavy atom. The van der Waals surface area contributed by atoms with Crippen molar-refractivity contribution in [2.24, 2.45) is 0 Å². The number of ether oxygens (including phenoxy) is 1. The number of carbonyl (C=O) groups excluding carboxylic acids is 1. The van der Waals surface area contributed by atoms with Gasteiger partial charge in [-0.15, -0.1) is 0 Å². The summed E-state index contributed by atoms with van der Waals surface area (Å²) in [5, 5.41) is 9.49. The van der Waals surface area contributed by atoms with Gasteiger partial charge in [-0.1, -0.05) is 18.2 Å². The Bertz CT molecular complexity index is 610. The Morgan fingerprint density at radius 3 is 2.33 bits per heavy atom. The number of aliphatic hydroxyl groups excluding tert-OH is 1. The predicted octanol–water partition coefficient (Wildman–Crippen LogP) is 2.69. The van der Waals surface area contributed by atoms with Gasteiger partial charge in [0.05, 0.1) is 6.10 Å². The lowest BCUT2D eigenvalue weighted by atomic mass is 10.2. The molecule has 1 N–H and O–H groups in total. The van der Waals surface area contributed by atoms with E-state index in [-0.39, 0.29) is 5.91 Å². The standard InChI is InChI=1S/C17H17NO3/c19-14-10-11-18(12-14)17(20)13-6-8-16(9-7-13)21-15-4-2-1-3-5-15/h1-9,14,19H,10-12H2. The molecule has 0 saturated carbocycles. The molecule has 1 atom stereocenters. The first-order valence-corrected chi connectivity index (χ1v) is 7.03. The summed E-state index contributed by atoms with van der Waals surface area (Å²) >= 11 is 0. The van der Waals surface area contributed by atoms with Gasteiger partial charge in [0.2, 0.25) is 0 Å². The number of likely N-dealkylation sites (tertiary alicyclic amines) is 1. The summed E-state index contributed by atoms with van der Waals surface area (Å²) < 4.78 is 5.69. The third-order valence-corrected chi connectivity index (χ3v) is 3.53. The molecule has 0 aliphatic carbocycles. The molecule has 108 valence electrons. The van der Waals surface area contributed by atoms with Crippen LogP contribution in [0.25, 0.3) is 0 Å². The van der Waals surface area contributed by atoms with E-state index in [4.69, 9.17) is 4.74 Å². The number of benzene rings is 2. The normalized spacial score (nSPS) is 17.8. The zero-order valence-electron chi connectivity index (χ0n) is 11.6. The van der Waals surface area contributed by atoms with Crippen LogP contribution in [0.3, 0.4) is 0 Å². The summed E-state index contributed by atoms with van der Waals surface area (Å²) in [6.45, 7) is 1.03. The Hall–Kier alpha value is -2.33. The van der Waals surface area contributed by atoms with Crippen molar-refractivity contribution in [2.75, 3.05) is 13.1 Å². The largest absolute Gasteiger partial charge is 0.457 e. The minimum Gasteiger partial charge on any atom is -0.457 e. The fourth-order valence-electron chi connectivity index (χ4n) is 2.40. The van der Waals surface area contributed by atoms with Crippen LogP contribution < -0.4 is 4.74 Å². The van der Waals surface area contributed by atoms with Crippen molar-refractivity contribution in [2.45, 2.75) is 12.5 Å². The van der Waals surface area contributed by atoms with Gasteiger partial charge in [-0.2, -0.15) is 0 Å². The van der Waals surface area contributed by atoms with Crippen molar-refractivity contribution in [1.29, 1.82) is 0 Å². The lowest BCUT2D eigenvalue weighted by molar-refractivity contribution is 0.0765. The van der Waals surface area contributed by atoms with E-state index in [9.17, 15) is 9.90 Å². The highest BCUT2D eigenvalue weighted by molar-refractivity contribution is 5.94. The average molecular weight is 283 g/mol. The van der Waals surface area contributed by atoms with Crippen LogP contribution in [-0.4, -0.2) is 35.1 Å². The van der Waals surface area contributed by atoms with Gasteiger partial charge < -0.3 is 14.7 Å². The summed E-state index contributed by atoms with van der Waals surface area (Å²) in [4.78, 5) is 13.9. The molecule has 0 spiro atoms. The topological polar surface area (TPSA) is 49.8 Å². The number of hydrogen-bond donors (Lipinski definition) is 1. The molecule has 3 rings (SSSR count). The molecule has 1 unspecified atom stereocenters. The first kappa shape index (κ1) is 13.6. The lowest BCUT2D eigenvalue weighted by Gasteiger charge is -2.15. The van der Waals surface area contributed by atoms with Crippen molar-refractivity contribution in [3.8, 4) is 11.5 Å². The van der Waals surface area contributed by atoms with Gasteiger partial charge in [-0.3, -0.25) is 4.79 Å². The number of aliphatic hydroxyl groups is 1. The van der Waals surface area contributed by atoms with Crippen molar-refractivity contribution in [3.63, 3.8) is 0 Å². The van der Waals surface area contributed by atoms with Crippen LogP contribution >= 0.6 is 0 Å². The number of β-amino-alcohol motifs (C(OH)–C–C–N with tert-alkyl or cyclic N) is 1. The Balaban J connectivity index is 1.68. The first-order valence-electron chi connectivity index (χ1n) is 7.03. The van der Waals surface area contributed by atoms with Crippen LogP contribution in [0.5, 0.6) is 11.5 Å². The molecule has 1 heterocycles. The zero-order chi connectivity index (χ0) is 14.7. The van der Waals surface area contributed by atoms with Crippen LogP contribution in [-0.2, 0) is 0 Å². The molecule has 1 amide bonds. The first-order chi connectivity index (χ1) is 10.2. The number of carbonyl (C=O) groups is 1. The second-order valence-electron chi connectivity index (χ2n) is 5.13. The molecule has 0 bridgehead atoms. The number of para-hydroxylation sites is 1. The molecule has 1 fully saturated rings. The van der Waals surface area contributed by atoms with Crippen molar-refractivity contribution in [1.82, 2.24) is 4.90 Å². The SMILES string of the molecule is O=C(c1ccc(Oc2ccccc2)cc1)N1CCC(O)C1. The van der Waals surface area contributed by atoms with Gasteiger partial charge >= 0.3 is 0 Å². The molecule has 0 aromatic heterocycles. The van der Waals surface area contributed by atoms with Crippen LogP contribution in [0.4, 0.5) is 0 Å².